The molecular weight excluding hydrogens is 530 g/mol. The Morgan fingerprint density at radius 2 is 1.85 bits per heavy atom. The Labute approximate surface area is 213 Å². The summed E-state index contributed by atoms with van der Waals surface area (Å²) in [5, 5.41) is 6.70. The van der Waals surface area contributed by atoms with Gasteiger partial charge in [-0.05, 0) is 43.4 Å². The zero-order valence-corrected chi connectivity index (χ0v) is 21.6. The van der Waals surface area contributed by atoms with Gasteiger partial charge in [-0.2, -0.15) is 0 Å². The number of carbonyl (C=O) groups is 1. The Morgan fingerprint density at radius 1 is 1.12 bits per heavy atom. The van der Waals surface area contributed by atoms with Crippen LogP contribution in [0.4, 0.5) is 4.39 Å². The largest absolute Gasteiger partial charge is 0.357 e. The van der Waals surface area contributed by atoms with E-state index in [-0.39, 0.29) is 47.0 Å². The second-order valence-electron chi connectivity index (χ2n) is 8.98. The highest BCUT2D eigenvalue weighted by molar-refractivity contribution is 14.0. The van der Waals surface area contributed by atoms with Crippen LogP contribution < -0.4 is 10.6 Å². The van der Waals surface area contributed by atoms with Crippen molar-refractivity contribution in [1.82, 2.24) is 15.5 Å². The van der Waals surface area contributed by atoms with Gasteiger partial charge in [0.25, 0.3) is 0 Å². The second kappa shape index (κ2) is 11.8. The summed E-state index contributed by atoms with van der Waals surface area (Å²) in [4.78, 5) is 19.2. The number of likely N-dealkylation sites (tertiary alicyclic amines) is 1. The molecule has 2 N–H and O–H groups in total. The fraction of sp³-hybridized carbons (Fsp3) is 0.462. The zero-order chi connectivity index (χ0) is 22.4. The molecule has 1 saturated carbocycles. The number of hydrogen-bond donors (Lipinski definition) is 2. The molecule has 33 heavy (non-hydrogen) atoms. The molecule has 1 aliphatic carbocycles. The fourth-order valence-corrected chi connectivity index (χ4v) is 4.48. The first-order chi connectivity index (χ1) is 15.6. The Balaban J connectivity index is 0.00000306. The Hall–Kier alpha value is -2.16. The van der Waals surface area contributed by atoms with Crippen molar-refractivity contribution in [1.29, 1.82) is 0 Å². The van der Waals surface area contributed by atoms with Crippen molar-refractivity contribution < 1.29 is 9.18 Å². The molecule has 0 bridgehead atoms. The van der Waals surface area contributed by atoms with Crippen LogP contribution in [0.3, 0.4) is 0 Å². The summed E-state index contributed by atoms with van der Waals surface area (Å²) in [7, 11) is 0. The molecule has 1 amide bonds. The van der Waals surface area contributed by atoms with Crippen LogP contribution in [0.1, 0.15) is 37.3 Å². The molecule has 1 aliphatic heterocycles. The Bertz CT molecular complexity index is 948. The van der Waals surface area contributed by atoms with Gasteiger partial charge in [-0.3, -0.25) is 9.79 Å². The van der Waals surface area contributed by atoms with Gasteiger partial charge in [0, 0.05) is 43.9 Å². The van der Waals surface area contributed by atoms with Crippen LogP contribution in [-0.2, 0) is 16.6 Å². The first kappa shape index (κ1) is 25.5. The molecule has 1 saturated heterocycles. The third kappa shape index (κ3) is 6.68. The lowest BCUT2D eigenvalue weighted by Gasteiger charge is -2.19. The number of amides is 1. The highest BCUT2D eigenvalue weighted by atomic mass is 127. The molecule has 0 radical (unpaired) electrons. The Kier molecular flexibility index (Phi) is 9.11. The van der Waals surface area contributed by atoms with Crippen molar-refractivity contribution in [2.45, 2.75) is 38.0 Å². The number of nitrogens with one attached hydrogen (secondary N) is 2. The van der Waals surface area contributed by atoms with Gasteiger partial charge in [0.1, 0.15) is 5.82 Å². The summed E-state index contributed by atoms with van der Waals surface area (Å²) < 4.78 is 14.3. The maximum Gasteiger partial charge on any atom is 0.223 e. The number of benzene rings is 2. The van der Waals surface area contributed by atoms with E-state index in [4.69, 9.17) is 4.99 Å². The minimum absolute atomic E-state index is 0. The predicted octanol–water partition coefficient (Wildman–Crippen LogP) is 4.12. The number of guanidine groups is 1. The van der Waals surface area contributed by atoms with E-state index in [0.717, 1.165) is 50.4 Å². The quantitative estimate of drug-likeness (QED) is 0.274. The van der Waals surface area contributed by atoms with Crippen LogP contribution in [0.15, 0.2) is 59.6 Å². The molecule has 1 unspecified atom stereocenters. The van der Waals surface area contributed by atoms with E-state index >= 15 is 0 Å². The summed E-state index contributed by atoms with van der Waals surface area (Å²) in [6.07, 6.45) is 3.38. The topological polar surface area (TPSA) is 56.7 Å². The molecule has 2 fully saturated rings. The van der Waals surface area contributed by atoms with Crippen LogP contribution in [0.2, 0.25) is 0 Å². The molecule has 0 spiro atoms. The van der Waals surface area contributed by atoms with E-state index < -0.39 is 0 Å². The zero-order valence-electron chi connectivity index (χ0n) is 19.2. The highest BCUT2D eigenvalue weighted by Crippen LogP contribution is 2.49. The summed E-state index contributed by atoms with van der Waals surface area (Å²) in [5.74, 6) is 1.10. The number of hydrogen-bond acceptors (Lipinski definition) is 2. The molecule has 4 rings (SSSR count). The Morgan fingerprint density at radius 3 is 2.55 bits per heavy atom. The summed E-state index contributed by atoms with van der Waals surface area (Å²) in [6.45, 7) is 5.59. The molecule has 7 heteroatoms. The third-order valence-electron chi connectivity index (χ3n) is 6.55. The SMILES string of the molecule is CCNC(=NCC1(c2ccccc2F)CC1)NCC1CC(=O)N(CCc2ccccc2)C1.I. The first-order valence-electron chi connectivity index (χ1n) is 11.7. The predicted molar refractivity (Wildman–Crippen MR) is 142 cm³/mol. The van der Waals surface area contributed by atoms with Crippen LogP contribution in [-0.4, -0.2) is 49.5 Å². The van der Waals surface area contributed by atoms with Crippen molar-refractivity contribution >= 4 is 35.8 Å². The monoisotopic (exact) mass is 564 g/mol. The van der Waals surface area contributed by atoms with Gasteiger partial charge >= 0.3 is 0 Å². The van der Waals surface area contributed by atoms with Gasteiger partial charge in [0.05, 0.1) is 6.54 Å². The van der Waals surface area contributed by atoms with Gasteiger partial charge < -0.3 is 15.5 Å². The molecule has 178 valence electrons. The molecule has 2 aliphatic rings. The number of rotatable bonds is 9. The van der Waals surface area contributed by atoms with Gasteiger partial charge in [-0.1, -0.05) is 48.5 Å². The van der Waals surface area contributed by atoms with Crippen LogP contribution >= 0.6 is 24.0 Å². The van der Waals surface area contributed by atoms with Crippen LogP contribution in [0.5, 0.6) is 0 Å². The van der Waals surface area contributed by atoms with E-state index in [1.54, 1.807) is 6.07 Å². The maximum absolute atomic E-state index is 14.3. The average Bonchev–Trinajstić information content (AvgIpc) is 3.51. The minimum Gasteiger partial charge on any atom is -0.357 e. The van der Waals surface area contributed by atoms with Crippen LogP contribution in [0.25, 0.3) is 0 Å². The molecule has 1 heterocycles. The summed E-state index contributed by atoms with van der Waals surface area (Å²) >= 11 is 0. The van der Waals surface area contributed by atoms with Crippen molar-refractivity contribution in [3.63, 3.8) is 0 Å². The smallest absolute Gasteiger partial charge is 0.223 e. The minimum atomic E-state index is -0.175. The van der Waals surface area contributed by atoms with E-state index in [1.807, 2.05) is 42.2 Å². The number of nitrogens with zero attached hydrogens (tertiary/aromatic N) is 2. The van der Waals surface area contributed by atoms with Gasteiger partial charge in [0.2, 0.25) is 5.91 Å². The van der Waals surface area contributed by atoms with E-state index in [0.29, 0.717) is 19.5 Å². The molecular formula is C26H34FIN4O. The van der Waals surface area contributed by atoms with Gasteiger partial charge in [-0.25, -0.2) is 4.39 Å². The van der Waals surface area contributed by atoms with Crippen molar-refractivity contribution in [3.05, 3.63) is 71.5 Å². The maximum atomic E-state index is 14.3. The number of aliphatic imine (C=N–C) groups is 1. The van der Waals surface area contributed by atoms with Crippen molar-refractivity contribution in [2.24, 2.45) is 10.9 Å². The molecule has 2 aromatic carbocycles. The highest BCUT2D eigenvalue weighted by Gasteiger charge is 2.45. The van der Waals surface area contributed by atoms with E-state index in [9.17, 15) is 9.18 Å². The standard InChI is InChI=1S/C26H33FN4O.HI/c1-2-28-25(30-19-26(13-14-26)22-10-6-7-11-23(22)27)29-17-21-16-24(32)31(18-21)15-12-20-8-4-3-5-9-20;/h3-11,21H,2,12-19H2,1H3,(H2,28,29,30);1H. The molecule has 1 atom stereocenters. The second-order valence-corrected chi connectivity index (χ2v) is 8.98. The lowest BCUT2D eigenvalue weighted by atomic mass is 9.95. The lowest BCUT2D eigenvalue weighted by Crippen LogP contribution is -2.41. The average molecular weight is 564 g/mol. The van der Waals surface area contributed by atoms with Gasteiger partial charge in [0.15, 0.2) is 5.96 Å². The summed E-state index contributed by atoms with van der Waals surface area (Å²) in [5.41, 5.74) is 1.85. The molecule has 2 aromatic rings. The lowest BCUT2D eigenvalue weighted by molar-refractivity contribution is -0.127. The first-order valence-corrected chi connectivity index (χ1v) is 11.7. The molecule has 0 aromatic heterocycles. The van der Waals surface area contributed by atoms with Gasteiger partial charge in [-0.15, -0.1) is 24.0 Å². The normalized spacial score (nSPS) is 19.2. The fourth-order valence-electron chi connectivity index (χ4n) is 4.48. The van der Waals surface area contributed by atoms with Crippen LogP contribution in [0, 0.1) is 11.7 Å². The molecule has 5 nitrogen and oxygen atoms in total. The number of carbonyl (C=O) groups excluding carboxylic acids is 1. The van der Waals surface area contributed by atoms with Crippen molar-refractivity contribution in [2.75, 3.05) is 32.7 Å². The van der Waals surface area contributed by atoms with E-state index in [2.05, 4.69) is 22.8 Å². The number of halogens is 2. The third-order valence-corrected chi connectivity index (χ3v) is 6.55. The van der Waals surface area contributed by atoms with Crippen molar-refractivity contribution in [3.8, 4) is 0 Å². The van der Waals surface area contributed by atoms with E-state index in [1.165, 1.54) is 11.6 Å². The summed E-state index contributed by atoms with van der Waals surface area (Å²) in [6, 6.07) is 17.3.